The first kappa shape index (κ1) is 13.9. The van der Waals surface area contributed by atoms with Crippen LogP contribution < -0.4 is 11.1 Å². The van der Waals surface area contributed by atoms with Crippen LogP contribution in [-0.4, -0.2) is 11.9 Å². The summed E-state index contributed by atoms with van der Waals surface area (Å²) in [6, 6.07) is 5.47. The number of anilines is 1. The van der Waals surface area contributed by atoms with E-state index >= 15 is 0 Å². The number of hydrogen-bond acceptors (Lipinski definition) is 3. The molecule has 3 N–H and O–H groups in total. The van der Waals surface area contributed by atoms with Gasteiger partial charge in [0.1, 0.15) is 4.88 Å². The van der Waals surface area contributed by atoms with Crippen LogP contribution in [0.1, 0.15) is 23.0 Å². The molecule has 2 rings (SSSR count). The van der Waals surface area contributed by atoms with Crippen LogP contribution >= 0.6 is 22.9 Å². The summed E-state index contributed by atoms with van der Waals surface area (Å²) in [6.45, 7) is 5.59. The normalized spacial score (nSPS) is 12.3. The molecule has 5 heteroatoms. The molecule has 0 saturated carbocycles. The number of benzene rings is 1. The van der Waals surface area contributed by atoms with Crippen LogP contribution in [0.2, 0.25) is 5.02 Å². The molecule has 1 atom stereocenters. The molecule has 0 spiro atoms. The number of nitrogens with one attached hydrogen (secondary N) is 1. The van der Waals surface area contributed by atoms with Crippen LogP contribution in [0.15, 0.2) is 30.9 Å². The van der Waals surface area contributed by atoms with Gasteiger partial charge in [-0.15, -0.1) is 17.9 Å². The number of rotatable bonds is 4. The van der Waals surface area contributed by atoms with E-state index in [4.69, 9.17) is 17.3 Å². The molecule has 3 nitrogen and oxygen atoms in total. The van der Waals surface area contributed by atoms with E-state index in [1.165, 1.54) is 11.3 Å². The van der Waals surface area contributed by atoms with Crippen LogP contribution in [0.25, 0.3) is 10.1 Å². The van der Waals surface area contributed by atoms with Crippen molar-refractivity contribution in [2.45, 2.75) is 19.4 Å². The van der Waals surface area contributed by atoms with Gasteiger partial charge in [0.2, 0.25) is 0 Å². The van der Waals surface area contributed by atoms with Gasteiger partial charge < -0.3 is 11.1 Å². The van der Waals surface area contributed by atoms with Crippen molar-refractivity contribution >= 4 is 44.6 Å². The Hall–Kier alpha value is -1.52. The molecule has 0 radical (unpaired) electrons. The zero-order valence-corrected chi connectivity index (χ0v) is 12.1. The van der Waals surface area contributed by atoms with Crippen LogP contribution in [0.3, 0.4) is 0 Å². The zero-order valence-electron chi connectivity index (χ0n) is 10.6. The van der Waals surface area contributed by atoms with Crippen molar-refractivity contribution in [1.29, 1.82) is 0 Å². The lowest BCUT2D eigenvalue weighted by Gasteiger charge is -2.10. The molecule has 0 aliphatic carbocycles. The SMILES string of the molecule is C=CCC(C)NC(=O)c1sc2cc(Cl)ccc2c1N. The summed E-state index contributed by atoms with van der Waals surface area (Å²) in [5, 5.41) is 4.41. The molecule has 1 aromatic heterocycles. The van der Waals surface area contributed by atoms with Gasteiger partial charge in [0.25, 0.3) is 5.91 Å². The summed E-state index contributed by atoms with van der Waals surface area (Å²) >= 11 is 7.30. The highest BCUT2D eigenvalue weighted by molar-refractivity contribution is 7.21. The van der Waals surface area contributed by atoms with Crippen LogP contribution in [-0.2, 0) is 0 Å². The van der Waals surface area contributed by atoms with E-state index in [0.717, 1.165) is 16.5 Å². The van der Waals surface area contributed by atoms with Crippen molar-refractivity contribution < 1.29 is 4.79 Å². The van der Waals surface area contributed by atoms with Gasteiger partial charge in [-0.3, -0.25) is 4.79 Å². The van der Waals surface area contributed by atoms with Crippen molar-refractivity contribution in [3.63, 3.8) is 0 Å². The Morgan fingerprint density at radius 1 is 1.63 bits per heavy atom. The summed E-state index contributed by atoms with van der Waals surface area (Å²) in [5.41, 5.74) is 6.54. The molecule has 1 amide bonds. The first-order valence-electron chi connectivity index (χ1n) is 5.92. The monoisotopic (exact) mass is 294 g/mol. The Bertz CT molecular complexity index is 636. The number of fused-ring (bicyclic) bond motifs is 1. The number of halogens is 1. The Morgan fingerprint density at radius 2 is 2.37 bits per heavy atom. The first-order chi connectivity index (χ1) is 9.02. The van der Waals surface area contributed by atoms with Gasteiger partial charge in [0.05, 0.1) is 5.69 Å². The third-order valence-electron chi connectivity index (χ3n) is 2.79. The molecule has 1 heterocycles. The average Bonchev–Trinajstić information content (AvgIpc) is 2.66. The number of hydrogen-bond donors (Lipinski definition) is 2. The topological polar surface area (TPSA) is 55.1 Å². The number of nitrogen functional groups attached to an aromatic ring is 1. The maximum absolute atomic E-state index is 12.2. The van der Waals surface area contributed by atoms with E-state index < -0.39 is 0 Å². The van der Waals surface area contributed by atoms with Gasteiger partial charge in [-0.2, -0.15) is 0 Å². The number of thiophene rings is 1. The maximum atomic E-state index is 12.2. The summed E-state index contributed by atoms with van der Waals surface area (Å²) in [4.78, 5) is 12.7. The number of carbonyl (C=O) groups excluding carboxylic acids is 1. The average molecular weight is 295 g/mol. The molecule has 0 fully saturated rings. The fourth-order valence-corrected chi connectivity index (χ4v) is 3.16. The Balaban J connectivity index is 2.32. The summed E-state index contributed by atoms with van der Waals surface area (Å²) in [7, 11) is 0. The summed E-state index contributed by atoms with van der Waals surface area (Å²) < 4.78 is 0.923. The van der Waals surface area contributed by atoms with Gasteiger partial charge >= 0.3 is 0 Å². The highest BCUT2D eigenvalue weighted by Gasteiger charge is 2.17. The van der Waals surface area contributed by atoms with Crippen LogP contribution in [0, 0.1) is 0 Å². The Kier molecular flexibility index (Phi) is 4.12. The van der Waals surface area contributed by atoms with Crippen molar-refractivity contribution in [2.24, 2.45) is 0 Å². The highest BCUT2D eigenvalue weighted by Crippen LogP contribution is 2.35. The van der Waals surface area contributed by atoms with Gasteiger partial charge in [0, 0.05) is 21.2 Å². The second-order valence-corrected chi connectivity index (χ2v) is 5.87. The fourth-order valence-electron chi connectivity index (χ4n) is 1.86. The molecule has 100 valence electrons. The first-order valence-corrected chi connectivity index (χ1v) is 7.11. The Morgan fingerprint density at radius 3 is 3.05 bits per heavy atom. The standard InChI is InChI=1S/C14H15ClN2OS/c1-3-4-8(2)17-14(18)13-12(16)10-6-5-9(15)7-11(10)19-13/h3,5-8H,1,4,16H2,2H3,(H,17,18). The lowest BCUT2D eigenvalue weighted by Crippen LogP contribution is -2.31. The van der Waals surface area contributed by atoms with E-state index in [-0.39, 0.29) is 11.9 Å². The van der Waals surface area contributed by atoms with Gasteiger partial charge in [-0.05, 0) is 31.5 Å². The lowest BCUT2D eigenvalue weighted by atomic mass is 10.2. The van der Waals surface area contributed by atoms with Crippen molar-refractivity contribution in [3.8, 4) is 0 Å². The minimum absolute atomic E-state index is 0.0400. The fraction of sp³-hybridized carbons (Fsp3) is 0.214. The van der Waals surface area contributed by atoms with Crippen molar-refractivity contribution in [3.05, 3.63) is 40.8 Å². The summed E-state index contributed by atoms with van der Waals surface area (Å²) in [6.07, 6.45) is 2.50. The van der Waals surface area contributed by atoms with E-state index in [9.17, 15) is 4.79 Å². The number of nitrogens with two attached hydrogens (primary N) is 1. The van der Waals surface area contributed by atoms with E-state index in [1.54, 1.807) is 12.1 Å². The molecule has 1 aromatic carbocycles. The van der Waals surface area contributed by atoms with Crippen LogP contribution in [0.5, 0.6) is 0 Å². The minimum Gasteiger partial charge on any atom is -0.397 e. The third kappa shape index (κ3) is 2.91. The minimum atomic E-state index is -0.149. The van der Waals surface area contributed by atoms with E-state index in [2.05, 4.69) is 11.9 Å². The molecular formula is C14H15ClN2OS. The van der Waals surface area contributed by atoms with Gasteiger partial charge in [-0.25, -0.2) is 0 Å². The third-order valence-corrected chi connectivity index (χ3v) is 4.20. The Labute approximate surface area is 121 Å². The quantitative estimate of drug-likeness (QED) is 0.842. The highest BCUT2D eigenvalue weighted by atomic mass is 35.5. The van der Waals surface area contributed by atoms with E-state index in [1.807, 2.05) is 19.1 Å². The largest absolute Gasteiger partial charge is 0.397 e. The van der Waals surface area contributed by atoms with E-state index in [0.29, 0.717) is 15.6 Å². The molecule has 0 bridgehead atoms. The smallest absolute Gasteiger partial charge is 0.263 e. The predicted molar refractivity (Wildman–Crippen MR) is 83.0 cm³/mol. The predicted octanol–water partition coefficient (Wildman–Crippen LogP) is 3.83. The van der Waals surface area contributed by atoms with Crippen LogP contribution in [0.4, 0.5) is 5.69 Å². The second kappa shape index (κ2) is 5.63. The maximum Gasteiger partial charge on any atom is 0.263 e. The van der Waals surface area contributed by atoms with Gasteiger partial charge in [0.15, 0.2) is 0 Å². The molecule has 2 aromatic rings. The molecular weight excluding hydrogens is 280 g/mol. The molecule has 0 aliphatic heterocycles. The molecule has 19 heavy (non-hydrogen) atoms. The molecule has 0 saturated heterocycles. The van der Waals surface area contributed by atoms with Gasteiger partial charge in [-0.1, -0.05) is 17.7 Å². The lowest BCUT2D eigenvalue weighted by molar-refractivity contribution is 0.0945. The molecule has 1 unspecified atom stereocenters. The van der Waals surface area contributed by atoms with Crippen molar-refractivity contribution in [1.82, 2.24) is 5.32 Å². The number of carbonyl (C=O) groups is 1. The second-order valence-electron chi connectivity index (χ2n) is 4.38. The summed E-state index contributed by atoms with van der Waals surface area (Å²) in [5.74, 6) is -0.149. The zero-order chi connectivity index (χ0) is 14.0. The number of amides is 1. The van der Waals surface area contributed by atoms with Crippen molar-refractivity contribution in [2.75, 3.05) is 5.73 Å². The molecule has 0 aliphatic rings.